The van der Waals surface area contributed by atoms with Crippen LogP contribution in [0.3, 0.4) is 0 Å². The molecule has 5 rings (SSSR count). The molecule has 1 aliphatic heterocycles. The van der Waals surface area contributed by atoms with Crippen LogP contribution in [0.2, 0.25) is 0 Å². The second-order valence-electron chi connectivity index (χ2n) is 7.57. The van der Waals surface area contributed by atoms with Crippen molar-refractivity contribution < 1.29 is 9.21 Å². The number of aryl methyl sites for hydroxylation is 1. The number of furan rings is 1. The molecule has 0 saturated carbocycles. The van der Waals surface area contributed by atoms with E-state index in [-0.39, 0.29) is 5.91 Å². The molecular formula is C22H23N7O2. The molecule has 1 fully saturated rings. The Morgan fingerprint density at radius 2 is 1.84 bits per heavy atom. The van der Waals surface area contributed by atoms with Gasteiger partial charge in [0.2, 0.25) is 11.7 Å². The van der Waals surface area contributed by atoms with Gasteiger partial charge in [0.05, 0.1) is 6.26 Å². The lowest BCUT2D eigenvalue weighted by molar-refractivity contribution is -0.129. The second-order valence-corrected chi connectivity index (χ2v) is 7.57. The predicted molar refractivity (Wildman–Crippen MR) is 117 cm³/mol. The smallest absolute Gasteiger partial charge is 0.255 e. The van der Waals surface area contributed by atoms with Crippen molar-refractivity contribution in [2.45, 2.75) is 13.8 Å². The summed E-state index contributed by atoms with van der Waals surface area (Å²) in [5.74, 6) is 2.51. The molecule has 1 saturated heterocycles. The van der Waals surface area contributed by atoms with E-state index in [0.29, 0.717) is 17.4 Å². The van der Waals surface area contributed by atoms with Crippen molar-refractivity contribution in [1.82, 2.24) is 24.5 Å². The van der Waals surface area contributed by atoms with Crippen LogP contribution < -0.4 is 10.2 Å². The number of nitrogens with one attached hydrogen (secondary N) is 1. The number of benzene rings is 1. The molecule has 1 N–H and O–H groups in total. The highest BCUT2D eigenvalue weighted by Crippen LogP contribution is 2.24. The van der Waals surface area contributed by atoms with Crippen LogP contribution in [0.5, 0.6) is 0 Å². The molecule has 4 aromatic rings. The normalized spacial score (nSPS) is 14.3. The number of piperazine rings is 1. The number of carbonyl (C=O) groups is 1. The van der Waals surface area contributed by atoms with Crippen LogP contribution in [0.1, 0.15) is 12.6 Å². The Bertz CT molecular complexity index is 1210. The van der Waals surface area contributed by atoms with Gasteiger partial charge in [-0.05, 0) is 43.3 Å². The molecule has 3 aromatic heterocycles. The van der Waals surface area contributed by atoms with Crippen LogP contribution in [0, 0.1) is 6.92 Å². The topological polar surface area (TPSA) is 91.8 Å². The van der Waals surface area contributed by atoms with Crippen LogP contribution in [0.4, 0.5) is 17.2 Å². The lowest BCUT2D eigenvalue weighted by Crippen LogP contribution is -2.48. The van der Waals surface area contributed by atoms with E-state index in [0.717, 1.165) is 49.1 Å². The van der Waals surface area contributed by atoms with E-state index >= 15 is 0 Å². The second kappa shape index (κ2) is 7.75. The third kappa shape index (κ3) is 3.81. The van der Waals surface area contributed by atoms with Gasteiger partial charge in [0.25, 0.3) is 5.78 Å². The molecule has 31 heavy (non-hydrogen) atoms. The Kier molecular flexibility index (Phi) is 4.78. The van der Waals surface area contributed by atoms with Crippen molar-refractivity contribution in [3.8, 4) is 11.6 Å². The number of rotatable bonds is 4. The molecule has 1 amide bonds. The van der Waals surface area contributed by atoms with Gasteiger partial charge < -0.3 is 19.5 Å². The first kappa shape index (κ1) is 19.1. The van der Waals surface area contributed by atoms with E-state index in [1.54, 1.807) is 23.8 Å². The fourth-order valence-electron chi connectivity index (χ4n) is 3.77. The molecular weight excluding hydrogens is 394 g/mol. The lowest BCUT2D eigenvalue weighted by Gasteiger charge is -2.35. The summed E-state index contributed by atoms with van der Waals surface area (Å²) in [4.78, 5) is 24.7. The maximum Gasteiger partial charge on any atom is 0.255 e. The van der Waals surface area contributed by atoms with Crippen molar-refractivity contribution >= 4 is 28.9 Å². The van der Waals surface area contributed by atoms with Gasteiger partial charge in [-0.3, -0.25) is 4.79 Å². The number of amides is 1. The van der Waals surface area contributed by atoms with Crippen LogP contribution in [-0.2, 0) is 4.79 Å². The van der Waals surface area contributed by atoms with Crippen molar-refractivity contribution in [2.24, 2.45) is 0 Å². The lowest BCUT2D eigenvalue weighted by atomic mass is 10.2. The first-order valence-electron chi connectivity index (χ1n) is 10.2. The largest absolute Gasteiger partial charge is 0.461 e. The Morgan fingerprint density at radius 1 is 1.06 bits per heavy atom. The summed E-state index contributed by atoms with van der Waals surface area (Å²) in [6, 6.07) is 13.8. The average molecular weight is 417 g/mol. The minimum atomic E-state index is 0.140. The Balaban J connectivity index is 1.36. The molecule has 0 aliphatic carbocycles. The van der Waals surface area contributed by atoms with Gasteiger partial charge in [-0.15, -0.1) is 5.10 Å². The van der Waals surface area contributed by atoms with E-state index in [9.17, 15) is 4.79 Å². The van der Waals surface area contributed by atoms with E-state index in [2.05, 4.69) is 37.4 Å². The first-order valence-corrected chi connectivity index (χ1v) is 10.2. The van der Waals surface area contributed by atoms with E-state index < -0.39 is 0 Å². The maximum absolute atomic E-state index is 11.5. The molecule has 1 aliphatic rings. The monoisotopic (exact) mass is 417 g/mol. The number of nitrogens with zero attached hydrogens (tertiary/aromatic N) is 6. The summed E-state index contributed by atoms with van der Waals surface area (Å²) in [7, 11) is 0. The number of aromatic nitrogens is 4. The van der Waals surface area contributed by atoms with Crippen LogP contribution in [0.25, 0.3) is 17.4 Å². The molecule has 4 heterocycles. The zero-order chi connectivity index (χ0) is 21.4. The highest BCUT2D eigenvalue weighted by Gasteiger charge is 2.19. The van der Waals surface area contributed by atoms with E-state index in [1.165, 1.54) is 0 Å². The Labute approximate surface area is 179 Å². The van der Waals surface area contributed by atoms with Gasteiger partial charge in [0.1, 0.15) is 5.82 Å². The fourth-order valence-corrected chi connectivity index (χ4v) is 3.77. The van der Waals surface area contributed by atoms with Gasteiger partial charge in [-0.25, -0.2) is 4.98 Å². The third-order valence-corrected chi connectivity index (χ3v) is 5.41. The van der Waals surface area contributed by atoms with Crippen molar-refractivity contribution in [1.29, 1.82) is 0 Å². The van der Waals surface area contributed by atoms with Crippen LogP contribution >= 0.6 is 0 Å². The van der Waals surface area contributed by atoms with E-state index in [1.807, 2.05) is 36.1 Å². The SMILES string of the molecule is CC(=O)N1CCN(c2ccc(Nc3cc(C)nc4nc(-c5ccco5)nn34)cc2)CC1. The molecule has 158 valence electrons. The Morgan fingerprint density at radius 3 is 2.52 bits per heavy atom. The number of anilines is 3. The van der Waals surface area contributed by atoms with Crippen molar-refractivity contribution in [3.63, 3.8) is 0 Å². The average Bonchev–Trinajstić information content (AvgIpc) is 3.44. The van der Waals surface area contributed by atoms with Crippen LogP contribution in [-0.4, -0.2) is 56.6 Å². The van der Waals surface area contributed by atoms with Crippen molar-refractivity contribution in [2.75, 3.05) is 36.4 Å². The molecule has 1 aromatic carbocycles. The number of hydrogen-bond acceptors (Lipinski definition) is 7. The fraction of sp³-hybridized carbons (Fsp3) is 0.273. The van der Waals surface area contributed by atoms with Crippen LogP contribution in [0.15, 0.2) is 53.1 Å². The van der Waals surface area contributed by atoms with Gasteiger partial charge in [0, 0.05) is 56.2 Å². The summed E-state index contributed by atoms with van der Waals surface area (Å²) < 4.78 is 7.10. The summed E-state index contributed by atoms with van der Waals surface area (Å²) in [6.07, 6.45) is 1.60. The maximum atomic E-state index is 11.5. The molecule has 0 unspecified atom stereocenters. The highest BCUT2D eigenvalue weighted by atomic mass is 16.3. The summed E-state index contributed by atoms with van der Waals surface area (Å²) in [5, 5.41) is 7.97. The highest BCUT2D eigenvalue weighted by molar-refractivity contribution is 5.73. The summed E-state index contributed by atoms with van der Waals surface area (Å²) >= 11 is 0. The molecule has 0 spiro atoms. The molecule has 0 bridgehead atoms. The van der Waals surface area contributed by atoms with Gasteiger partial charge in [0.15, 0.2) is 5.76 Å². The van der Waals surface area contributed by atoms with Gasteiger partial charge in [-0.2, -0.15) is 9.50 Å². The third-order valence-electron chi connectivity index (χ3n) is 5.41. The summed E-state index contributed by atoms with van der Waals surface area (Å²) in [5.41, 5.74) is 2.92. The van der Waals surface area contributed by atoms with Gasteiger partial charge in [-0.1, -0.05) is 0 Å². The van der Waals surface area contributed by atoms with E-state index in [4.69, 9.17) is 4.42 Å². The number of carbonyl (C=O) groups excluding carboxylic acids is 1. The summed E-state index contributed by atoms with van der Waals surface area (Å²) in [6.45, 7) is 6.74. The molecule has 9 heteroatoms. The predicted octanol–water partition coefficient (Wildman–Crippen LogP) is 3.10. The Hall–Kier alpha value is -3.88. The molecule has 9 nitrogen and oxygen atoms in total. The number of hydrogen-bond donors (Lipinski definition) is 1. The minimum Gasteiger partial charge on any atom is -0.461 e. The zero-order valence-electron chi connectivity index (χ0n) is 17.4. The van der Waals surface area contributed by atoms with Crippen molar-refractivity contribution in [3.05, 3.63) is 54.4 Å². The quantitative estimate of drug-likeness (QED) is 0.545. The zero-order valence-corrected chi connectivity index (χ0v) is 17.4. The first-order chi connectivity index (χ1) is 15.1. The molecule has 0 atom stereocenters. The minimum absolute atomic E-state index is 0.140. The molecule has 0 radical (unpaired) electrons. The number of fused-ring (bicyclic) bond motifs is 1. The van der Waals surface area contributed by atoms with Gasteiger partial charge >= 0.3 is 0 Å². The standard InChI is InChI=1S/C22H23N7O2/c1-15-14-20(29-22(23-15)25-21(26-29)19-4-3-13-31-19)24-17-5-7-18(8-6-17)28-11-9-27(10-12-28)16(2)30/h3-8,13-14,24H,9-12H2,1-2H3.